The zero-order chi connectivity index (χ0) is 9.14. The summed E-state index contributed by atoms with van der Waals surface area (Å²) >= 11 is 0. The number of aliphatic imine (C=N–C) groups is 1. The minimum atomic E-state index is -0.363. The van der Waals surface area contributed by atoms with Crippen molar-refractivity contribution in [2.45, 2.75) is 6.92 Å². The molecule has 1 aromatic heterocycles. The summed E-state index contributed by atoms with van der Waals surface area (Å²) in [6, 6.07) is 3.19. The first-order chi connectivity index (χ1) is 5.61. The van der Waals surface area contributed by atoms with Gasteiger partial charge in [-0.15, -0.1) is 0 Å². The average molecular weight is 165 g/mol. The van der Waals surface area contributed by atoms with E-state index in [1.807, 2.05) is 0 Å². The molecule has 0 aliphatic carbocycles. The van der Waals surface area contributed by atoms with Crippen LogP contribution in [-0.2, 0) is 7.05 Å². The van der Waals surface area contributed by atoms with Gasteiger partial charge in [0, 0.05) is 13.2 Å². The molecule has 0 saturated heterocycles. The molecule has 0 N–H and O–H groups in total. The summed E-state index contributed by atoms with van der Waals surface area (Å²) in [5.74, 6) is -0.363. The lowest BCUT2D eigenvalue weighted by Gasteiger charge is -2.02. The van der Waals surface area contributed by atoms with E-state index in [1.54, 1.807) is 19.3 Å². The van der Waals surface area contributed by atoms with Crippen molar-refractivity contribution in [3.8, 4) is 0 Å². The molecule has 0 fully saturated rings. The van der Waals surface area contributed by atoms with Gasteiger partial charge in [-0.3, -0.25) is 9.79 Å². The molecule has 1 heterocycles. The SMILES string of the molecule is CC([O-])=Nc1cccn(C)c1=O. The maximum absolute atomic E-state index is 11.2. The zero-order valence-electron chi connectivity index (χ0n) is 6.94. The van der Waals surface area contributed by atoms with E-state index in [1.165, 1.54) is 17.6 Å². The van der Waals surface area contributed by atoms with Crippen LogP contribution < -0.4 is 10.7 Å². The van der Waals surface area contributed by atoms with Gasteiger partial charge in [-0.1, -0.05) is 0 Å². The smallest absolute Gasteiger partial charge is 0.276 e. The normalized spacial score (nSPS) is 11.7. The number of rotatable bonds is 1. The van der Waals surface area contributed by atoms with Gasteiger partial charge < -0.3 is 9.67 Å². The molecule has 0 aliphatic rings. The second-order valence-electron chi connectivity index (χ2n) is 2.44. The molecular weight excluding hydrogens is 156 g/mol. The van der Waals surface area contributed by atoms with Crippen molar-refractivity contribution in [3.05, 3.63) is 28.7 Å². The van der Waals surface area contributed by atoms with Crippen LogP contribution in [0.4, 0.5) is 5.69 Å². The van der Waals surface area contributed by atoms with E-state index in [-0.39, 0.29) is 17.1 Å². The molecule has 1 aromatic rings. The number of hydrogen-bond donors (Lipinski definition) is 0. The molecule has 12 heavy (non-hydrogen) atoms. The standard InChI is InChI=1S/C8H10N2O2/c1-6(11)9-7-4-3-5-10(2)8(7)12/h3-5H,1-2H3,(H,9,11)/p-1. The van der Waals surface area contributed by atoms with Gasteiger partial charge in [-0.2, -0.15) is 0 Å². The van der Waals surface area contributed by atoms with Crippen LogP contribution in [0, 0.1) is 0 Å². The fraction of sp³-hybridized carbons (Fsp3) is 0.250. The first-order valence-corrected chi connectivity index (χ1v) is 3.49. The lowest BCUT2D eigenvalue weighted by atomic mass is 10.4. The van der Waals surface area contributed by atoms with Crippen LogP contribution in [0.25, 0.3) is 0 Å². The molecule has 0 unspecified atom stereocenters. The Morgan fingerprint density at radius 2 is 2.33 bits per heavy atom. The lowest BCUT2D eigenvalue weighted by Crippen LogP contribution is -2.17. The van der Waals surface area contributed by atoms with E-state index in [4.69, 9.17) is 0 Å². The molecular formula is C8H9N2O2-. The first-order valence-electron chi connectivity index (χ1n) is 3.49. The quantitative estimate of drug-likeness (QED) is 0.427. The topological polar surface area (TPSA) is 57.4 Å². The third-order valence-electron chi connectivity index (χ3n) is 1.38. The van der Waals surface area contributed by atoms with E-state index in [0.29, 0.717) is 0 Å². The molecule has 0 radical (unpaired) electrons. The van der Waals surface area contributed by atoms with Crippen LogP contribution in [0.1, 0.15) is 6.92 Å². The number of nitrogens with zero attached hydrogens (tertiary/aromatic N) is 2. The van der Waals surface area contributed by atoms with Crippen molar-refractivity contribution < 1.29 is 5.11 Å². The fourth-order valence-electron chi connectivity index (χ4n) is 0.838. The zero-order valence-corrected chi connectivity index (χ0v) is 6.94. The van der Waals surface area contributed by atoms with Gasteiger partial charge in [0.25, 0.3) is 5.56 Å². The van der Waals surface area contributed by atoms with Crippen LogP contribution in [0.15, 0.2) is 28.1 Å². The highest BCUT2D eigenvalue weighted by molar-refractivity contribution is 5.71. The molecule has 64 valence electrons. The van der Waals surface area contributed by atoms with E-state index in [2.05, 4.69) is 4.99 Å². The molecule has 0 spiro atoms. The van der Waals surface area contributed by atoms with Crippen molar-refractivity contribution in [1.82, 2.24) is 4.57 Å². The number of pyridine rings is 1. The van der Waals surface area contributed by atoms with Crippen molar-refractivity contribution in [1.29, 1.82) is 0 Å². The van der Waals surface area contributed by atoms with Crippen molar-refractivity contribution >= 4 is 11.6 Å². The summed E-state index contributed by atoms with van der Waals surface area (Å²) in [5, 5.41) is 10.6. The average Bonchev–Trinajstić information content (AvgIpc) is 1.98. The summed E-state index contributed by atoms with van der Waals surface area (Å²) in [5.41, 5.74) is -0.0693. The maximum atomic E-state index is 11.2. The summed E-state index contributed by atoms with van der Waals surface area (Å²) in [4.78, 5) is 14.8. The maximum Gasteiger partial charge on any atom is 0.276 e. The molecule has 0 atom stereocenters. The molecule has 0 aromatic carbocycles. The Kier molecular flexibility index (Phi) is 2.28. The van der Waals surface area contributed by atoms with E-state index in [0.717, 1.165) is 0 Å². The third-order valence-corrected chi connectivity index (χ3v) is 1.38. The van der Waals surface area contributed by atoms with Gasteiger partial charge in [-0.25, -0.2) is 0 Å². The molecule has 0 saturated carbocycles. The second-order valence-corrected chi connectivity index (χ2v) is 2.44. The van der Waals surface area contributed by atoms with Gasteiger partial charge in [0.2, 0.25) is 0 Å². The van der Waals surface area contributed by atoms with Crippen LogP contribution in [0.2, 0.25) is 0 Å². The molecule has 0 aliphatic heterocycles. The monoisotopic (exact) mass is 165 g/mol. The van der Waals surface area contributed by atoms with Crippen LogP contribution in [0.5, 0.6) is 0 Å². The van der Waals surface area contributed by atoms with Gasteiger partial charge in [0.1, 0.15) is 5.69 Å². The predicted octanol–water partition coefficient (Wildman–Crippen LogP) is -0.204. The minimum absolute atomic E-state index is 0.188. The molecule has 0 bridgehead atoms. The van der Waals surface area contributed by atoms with Crippen molar-refractivity contribution in [2.24, 2.45) is 12.0 Å². The van der Waals surface area contributed by atoms with Gasteiger partial charge >= 0.3 is 0 Å². The second kappa shape index (κ2) is 3.21. The number of hydrogen-bond acceptors (Lipinski definition) is 3. The van der Waals surface area contributed by atoms with Gasteiger partial charge in [-0.05, 0) is 25.0 Å². The predicted molar refractivity (Wildman–Crippen MR) is 44.5 cm³/mol. The van der Waals surface area contributed by atoms with E-state index < -0.39 is 0 Å². The Bertz CT molecular complexity index is 362. The van der Waals surface area contributed by atoms with Gasteiger partial charge in [0.15, 0.2) is 0 Å². The highest BCUT2D eigenvalue weighted by Gasteiger charge is 1.95. The number of aryl methyl sites for hydroxylation is 1. The van der Waals surface area contributed by atoms with Crippen molar-refractivity contribution in [2.75, 3.05) is 0 Å². The number of aromatic nitrogens is 1. The van der Waals surface area contributed by atoms with Gasteiger partial charge in [0.05, 0.1) is 0 Å². The largest absolute Gasteiger partial charge is 0.862 e. The van der Waals surface area contributed by atoms with E-state index >= 15 is 0 Å². The van der Waals surface area contributed by atoms with Crippen LogP contribution >= 0.6 is 0 Å². The first kappa shape index (κ1) is 8.52. The Morgan fingerprint density at radius 1 is 1.67 bits per heavy atom. The van der Waals surface area contributed by atoms with Crippen LogP contribution in [-0.4, -0.2) is 10.5 Å². The molecule has 4 nitrogen and oxygen atoms in total. The minimum Gasteiger partial charge on any atom is -0.862 e. The van der Waals surface area contributed by atoms with Crippen LogP contribution in [0.3, 0.4) is 0 Å². The summed E-state index contributed by atoms with van der Waals surface area (Å²) in [6.45, 7) is 1.31. The molecule has 4 heteroatoms. The highest BCUT2D eigenvalue weighted by Crippen LogP contribution is 2.01. The van der Waals surface area contributed by atoms with Crippen molar-refractivity contribution in [3.63, 3.8) is 0 Å². The lowest BCUT2D eigenvalue weighted by molar-refractivity contribution is -0.215. The fourth-order valence-corrected chi connectivity index (χ4v) is 0.838. The summed E-state index contributed by atoms with van der Waals surface area (Å²) in [7, 11) is 1.61. The Labute approximate surface area is 69.8 Å². The Hall–Kier alpha value is -1.58. The Balaban J connectivity index is 3.27. The summed E-state index contributed by atoms with van der Waals surface area (Å²) < 4.78 is 1.38. The molecule has 0 amide bonds. The summed E-state index contributed by atoms with van der Waals surface area (Å²) in [6.07, 6.45) is 1.61. The Morgan fingerprint density at radius 3 is 2.92 bits per heavy atom. The molecule has 1 rings (SSSR count). The highest BCUT2D eigenvalue weighted by atomic mass is 16.3. The third kappa shape index (κ3) is 1.72. The van der Waals surface area contributed by atoms with E-state index in [9.17, 15) is 9.90 Å².